The summed E-state index contributed by atoms with van der Waals surface area (Å²) in [6.45, 7) is 3.93. The van der Waals surface area contributed by atoms with Crippen molar-refractivity contribution < 1.29 is 19.1 Å². The average Bonchev–Trinajstić information content (AvgIpc) is 2.60. The number of esters is 1. The second-order valence-electron chi connectivity index (χ2n) is 6.11. The van der Waals surface area contributed by atoms with Crippen molar-refractivity contribution in [3.05, 3.63) is 58.1 Å². The molecule has 2 rings (SSSR count). The van der Waals surface area contributed by atoms with E-state index in [1.165, 1.54) is 0 Å². The molecule has 0 unspecified atom stereocenters. The molecule has 144 valence electrons. The van der Waals surface area contributed by atoms with Gasteiger partial charge in [-0.25, -0.2) is 4.79 Å². The van der Waals surface area contributed by atoms with E-state index in [0.717, 1.165) is 0 Å². The minimum atomic E-state index is -0.388. The highest BCUT2D eigenvalue weighted by Gasteiger charge is 2.10. The second-order valence-corrected chi connectivity index (χ2v) is 6.95. The Morgan fingerprint density at radius 3 is 2.41 bits per heavy atom. The van der Waals surface area contributed by atoms with Crippen molar-refractivity contribution in [3.63, 3.8) is 0 Å². The number of rotatable bonds is 8. The van der Waals surface area contributed by atoms with Crippen molar-refractivity contribution in [2.45, 2.75) is 32.8 Å². The monoisotopic (exact) mass is 409 g/mol. The summed E-state index contributed by atoms with van der Waals surface area (Å²) in [5, 5.41) is 3.75. The van der Waals surface area contributed by atoms with Crippen LogP contribution in [0.25, 0.3) is 0 Å². The maximum absolute atomic E-state index is 12.0. The fraction of sp³-hybridized carbons (Fsp3) is 0.300. The molecule has 0 aliphatic heterocycles. The fourth-order valence-corrected chi connectivity index (χ4v) is 2.67. The Morgan fingerprint density at radius 1 is 1.07 bits per heavy atom. The van der Waals surface area contributed by atoms with E-state index in [4.69, 9.17) is 32.7 Å². The Bertz CT molecular complexity index is 791. The van der Waals surface area contributed by atoms with E-state index in [-0.39, 0.29) is 18.0 Å². The number of hydrogen-bond donors (Lipinski definition) is 1. The fourth-order valence-electron chi connectivity index (χ4n) is 2.20. The van der Waals surface area contributed by atoms with Crippen molar-refractivity contribution >= 4 is 40.8 Å². The van der Waals surface area contributed by atoms with Crippen LogP contribution in [0.3, 0.4) is 0 Å². The van der Waals surface area contributed by atoms with Gasteiger partial charge in [-0.1, -0.05) is 23.2 Å². The third kappa shape index (κ3) is 7.12. The molecule has 5 nitrogen and oxygen atoms in total. The summed E-state index contributed by atoms with van der Waals surface area (Å²) in [7, 11) is 0. The number of benzene rings is 2. The van der Waals surface area contributed by atoms with E-state index < -0.39 is 0 Å². The second kappa shape index (κ2) is 10.2. The van der Waals surface area contributed by atoms with Crippen LogP contribution in [0.15, 0.2) is 42.5 Å². The molecule has 0 aliphatic rings. The van der Waals surface area contributed by atoms with E-state index in [0.29, 0.717) is 46.5 Å². The summed E-state index contributed by atoms with van der Waals surface area (Å²) in [4.78, 5) is 23.8. The molecule has 0 atom stereocenters. The number of nitrogens with one attached hydrogen (secondary N) is 1. The Balaban J connectivity index is 1.74. The maximum Gasteiger partial charge on any atom is 0.338 e. The highest BCUT2D eigenvalue weighted by atomic mass is 35.5. The lowest BCUT2D eigenvalue weighted by Gasteiger charge is -2.10. The Labute approximate surface area is 168 Å². The third-order valence-electron chi connectivity index (χ3n) is 3.45. The maximum atomic E-state index is 12.0. The first kappa shape index (κ1) is 21.1. The van der Waals surface area contributed by atoms with Gasteiger partial charge in [-0.05, 0) is 62.7 Å². The number of hydrogen-bond acceptors (Lipinski definition) is 4. The lowest BCUT2D eigenvalue weighted by Crippen LogP contribution is -2.14. The molecule has 2 aromatic rings. The molecule has 0 aliphatic carbocycles. The molecule has 1 amide bonds. The van der Waals surface area contributed by atoms with Crippen LogP contribution in [0.4, 0.5) is 5.69 Å². The molecule has 2 aromatic carbocycles. The van der Waals surface area contributed by atoms with Crippen LogP contribution in [0, 0.1) is 0 Å². The summed E-state index contributed by atoms with van der Waals surface area (Å²) < 4.78 is 10.7. The van der Waals surface area contributed by atoms with Crippen LogP contribution in [0.5, 0.6) is 5.75 Å². The van der Waals surface area contributed by atoms with Gasteiger partial charge in [0.2, 0.25) is 5.91 Å². The molecular formula is C20H21Cl2NO4. The number of anilines is 1. The zero-order valence-electron chi connectivity index (χ0n) is 15.1. The van der Waals surface area contributed by atoms with Gasteiger partial charge >= 0.3 is 5.97 Å². The summed E-state index contributed by atoms with van der Waals surface area (Å²) in [6, 6.07) is 11.5. The molecule has 7 heteroatoms. The van der Waals surface area contributed by atoms with Crippen molar-refractivity contribution in [1.29, 1.82) is 0 Å². The van der Waals surface area contributed by atoms with E-state index in [9.17, 15) is 9.59 Å². The summed E-state index contributed by atoms with van der Waals surface area (Å²) in [5.74, 6) is 0.00421. The lowest BCUT2D eigenvalue weighted by atomic mass is 10.2. The van der Waals surface area contributed by atoms with Crippen LogP contribution in [0.2, 0.25) is 10.0 Å². The van der Waals surface area contributed by atoms with Crippen LogP contribution in [-0.4, -0.2) is 24.6 Å². The SMILES string of the molecule is CC(C)OC(=O)c1ccc(NC(=O)CCCOc2ccc(Cl)cc2Cl)cc1. The molecule has 0 heterocycles. The van der Waals surface area contributed by atoms with Gasteiger partial charge in [-0.2, -0.15) is 0 Å². The lowest BCUT2D eigenvalue weighted by molar-refractivity contribution is -0.116. The zero-order chi connectivity index (χ0) is 19.8. The molecule has 0 aromatic heterocycles. The third-order valence-corrected chi connectivity index (χ3v) is 3.98. The first-order valence-corrected chi connectivity index (χ1v) is 9.29. The first-order chi connectivity index (χ1) is 12.8. The molecule has 0 spiro atoms. The molecule has 0 saturated carbocycles. The highest BCUT2D eigenvalue weighted by Crippen LogP contribution is 2.27. The number of carbonyl (C=O) groups is 2. The molecule has 0 fully saturated rings. The van der Waals surface area contributed by atoms with Crippen molar-refractivity contribution in [2.24, 2.45) is 0 Å². The van der Waals surface area contributed by atoms with Gasteiger partial charge in [0, 0.05) is 17.1 Å². The highest BCUT2D eigenvalue weighted by molar-refractivity contribution is 6.35. The van der Waals surface area contributed by atoms with Crippen LogP contribution < -0.4 is 10.1 Å². The van der Waals surface area contributed by atoms with Crippen LogP contribution in [-0.2, 0) is 9.53 Å². The van der Waals surface area contributed by atoms with Gasteiger partial charge in [0.1, 0.15) is 5.75 Å². The minimum Gasteiger partial charge on any atom is -0.492 e. The quantitative estimate of drug-likeness (QED) is 0.470. The minimum absolute atomic E-state index is 0.140. The topological polar surface area (TPSA) is 64.6 Å². The van der Waals surface area contributed by atoms with Crippen molar-refractivity contribution in [2.75, 3.05) is 11.9 Å². The van der Waals surface area contributed by atoms with E-state index in [1.807, 2.05) is 0 Å². The first-order valence-electron chi connectivity index (χ1n) is 8.54. The Morgan fingerprint density at radius 2 is 1.78 bits per heavy atom. The van der Waals surface area contributed by atoms with E-state index >= 15 is 0 Å². The molecule has 1 N–H and O–H groups in total. The summed E-state index contributed by atoms with van der Waals surface area (Å²) in [5.41, 5.74) is 1.05. The molecule has 0 saturated heterocycles. The smallest absolute Gasteiger partial charge is 0.338 e. The molecule has 0 bridgehead atoms. The Kier molecular flexibility index (Phi) is 7.95. The number of carbonyl (C=O) groups excluding carboxylic acids is 2. The van der Waals surface area contributed by atoms with E-state index in [1.54, 1.807) is 56.3 Å². The van der Waals surface area contributed by atoms with Gasteiger partial charge in [-0.3, -0.25) is 4.79 Å². The summed E-state index contributed by atoms with van der Waals surface area (Å²) >= 11 is 11.8. The van der Waals surface area contributed by atoms with E-state index in [2.05, 4.69) is 5.32 Å². The van der Waals surface area contributed by atoms with Crippen LogP contribution in [0.1, 0.15) is 37.0 Å². The average molecular weight is 410 g/mol. The predicted molar refractivity (Wildman–Crippen MR) is 107 cm³/mol. The van der Waals surface area contributed by atoms with Gasteiger partial charge in [0.15, 0.2) is 0 Å². The van der Waals surface area contributed by atoms with Gasteiger partial charge in [-0.15, -0.1) is 0 Å². The van der Waals surface area contributed by atoms with Gasteiger partial charge in [0.05, 0.1) is 23.3 Å². The molecular weight excluding hydrogens is 389 g/mol. The van der Waals surface area contributed by atoms with Crippen LogP contribution >= 0.6 is 23.2 Å². The number of halogens is 2. The molecule has 0 radical (unpaired) electrons. The zero-order valence-corrected chi connectivity index (χ0v) is 16.6. The normalized spacial score (nSPS) is 10.6. The number of ether oxygens (including phenoxy) is 2. The van der Waals surface area contributed by atoms with Gasteiger partial charge < -0.3 is 14.8 Å². The van der Waals surface area contributed by atoms with Gasteiger partial charge in [0.25, 0.3) is 0 Å². The predicted octanol–water partition coefficient (Wildman–Crippen LogP) is 5.36. The standard InChI is InChI=1S/C20H21Cl2NO4/c1-13(2)27-20(25)14-5-8-16(9-6-14)23-19(24)4-3-11-26-18-10-7-15(21)12-17(18)22/h5-10,12-13H,3-4,11H2,1-2H3,(H,23,24). The van der Waals surface area contributed by atoms with Crippen molar-refractivity contribution in [1.82, 2.24) is 0 Å². The largest absolute Gasteiger partial charge is 0.492 e. The summed E-state index contributed by atoms with van der Waals surface area (Å²) in [6.07, 6.45) is 0.646. The Hall–Kier alpha value is -2.24. The number of amides is 1. The van der Waals surface area contributed by atoms with Crippen molar-refractivity contribution in [3.8, 4) is 5.75 Å². The molecule has 27 heavy (non-hydrogen) atoms.